The fraction of sp³-hybridized carbons (Fsp3) is 0.364. The molecule has 0 unspecified atom stereocenters. The quantitative estimate of drug-likeness (QED) is 0.524. The standard InChI is InChI=1S/C22H20F5N3O4S/c1-35(32,33)15-3-5-19(34-13-22(26,27)21(24)25)16(11-15)20(31)30-8-6-29(7-9-30)18-4-2-14(12-28)10-17(18)23/h2-5,10-11,21H,6-9,13H2,1H3. The molecule has 2 aromatic rings. The van der Waals surface area contributed by atoms with Crippen molar-refractivity contribution in [3.8, 4) is 11.8 Å². The van der Waals surface area contributed by atoms with Crippen LogP contribution in [-0.2, 0) is 9.84 Å². The van der Waals surface area contributed by atoms with Crippen molar-refractivity contribution in [1.82, 2.24) is 4.90 Å². The zero-order valence-electron chi connectivity index (χ0n) is 18.3. The van der Waals surface area contributed by atoms with Gasteiger partial charge >= 0.3 is 12.3 Å². The summed E-state index contributed by atoms with van der Waals surface area (Å²) in [7, 11) is -3.79. The lowest BCUT2D eigenvalue weighted by Gasteiger charge is -2.36. The van der Waals surface area contributed by atoms with E-state index >= 15 is 0 Å². The second kappa shape index (κ2) is 10.1. The van der Waals surface area contributed by atoms with E-state index in [9.17, 15) is 35.2 Å². The van der Waals surface area contributed by atoms with E-state index in [2.05, 4.69) is 0 Å². The van der Waals surface area contributed by atoms with E-state index in [1.807, 2.05) is 6.07 Å². The van der Waals surface area contributed by atoms with Gasteiger partial charge in [0.15, 0.2) is 16.4 Å². The number of amides is 1. The average molecular weight is 517 g/mol. The number of alkyl halides is 4. The van der Waals surface area contributed by atoms with Crippen LogP contribution >= 0.6 is 0 Å². The molecule has 0 bridgehead atoms. The summed E-state index contributed by atoms with van der Waals surface area (Å²) in [5.41, 5.74) is 0.000177. The minimum Gasteiger partial charge on any atom is -0.486 e. The van der Waals surface area contributed by atoms with Gasteiger partial charge in [-0.3, -0.25) is 4.79 Å². The van der Waals surface area contributed by atoms with Gasteiger partial charge in [0.1, 0.15) is 11.6 Å². The van der Waals surface area contributed by atoms with Gasteiger partial charge in [-0.15, -0.1) is 0 Å². The highest BCUT2D eigenvalue weighted by Gasteiger charge is 2.42. The first-order valence-corrected chi connectivity index (χ1v) is 12.1. The molecule has 1 amide bonds. The third-order valence-electron chi connectivity index (χ3n) is 5.33. The van der Waals surface area contributed by atoms with Gasteiger partial charge in [-0.2, -0.15) is 14.0 Å². The number of carbonyl (C=O) groups is 1. The number of anilines is 1. The smallest absolute Gasteiger partial charge is 0.340 e. The molecule has 1 aliphatic rings. The maximum Gasteiger partial charge on any atom is 0.340 e. The van der Waals surface area contributed by atoms with Crippen molar-refractivity contribution >= 4 is 21.4 Å². The molecule has 0 aliphatic carbocycles. The largest absolute Gasteiger partial charge is 0.486 e. The van der Waals surface area contributed by atoms with Gasteiger partial charge in [0, 0.05) is 32.4 Å². The fourth-order valence-electron chi connectivity index (χ4n) is 3.42. The molecule has 188 valence electrons. The number of benzene rings is 2. The molecule has 1 heterocycles. The molecule has 0 atom stereocenters. The van der Waals surface area contributed by atoms with E-state index in [-0.39, 0.29) is 47.9 Å². The lowest BCUT2D eigenvalue weighted by atomic mass is 10.1. The molecule has 7 nitrogen and oxygen atoms in total. The van der Waals surface area contributed by atoms with Crippen molar-refractivity contribution in [3.05, 3.63) is 53.3 Å². The molecule has 3 rings (SSSR count). The molecule has 0 saturated carbocycles. The Bertz CT molecular complexity index is 1260. The number of hydrogen-bond donors (Lipinski definition) is 0. The molecule has 0 aromatic heterocycles. The van der Waals surface area contributed by atoms with Crippen molar-refractivity contribution in [3.63, 3.8) is 0 Å². The van der Waals surface area contributed by atoms with E-state index in [0.717, 1.165) is 30.5 Å². The number of sulfone groups is 1. The van der Waals surface area contributed by atoms with E-state index < -0.39 is 46.3 Å². The van der Waals surface area contributed by atoms with Crippen LogP contribution in [0.3, 0.4) is 0 Å². The summed E-state index contributed by atoms with van der Waals surface area (Å²) in [4.78, 5) is 15.8. The first-order valence-electron chi connectivity index (χ1n) is 10.2. The Hall–Kier alpha value is -3.40. The highest BCUT2D eigenvalue weighted by molar-refractivity contribution is 7.90. The molecule has 1 aliphatic heterocycles. The van der Waals surface area contributed by atoms with Crippen molar-refractivity contribution in [2.24, 2.45) is 0 Å². The average Bonchev–Trinajstić information content (AvgIpc) is 2.81. The summed E-state index contributed by atoms with van der Waals surface area (Å²) in [5.74, 6) is -6.32. The van der Waals surface area contributed by atoms with Gasteiger partial charge in [-0.05, 0) is 36.4 Å². The maximum atomic E-state index is 14.3. The van der Waals surface area contributed by atoms with Crippen LogP contribution in [0.1, 0.15) is 15.9 Å². The first-order chi connectivity index (χ1) is 16.3. The van der Waals surface area contributed by atoms with Crippen LogP contribution in [-0.4, -0.2) is 70.6 Å². The Morgan fingerprint density at radius 1 is 1.14 bits per heavy atom. The second-order valence-electron chi connectivity index (χ2n) is 7.84. The number of nitriles is 1. The minimum atomic E-state index is -4.48. The third kappa shape index (κ3) is 6.00. The Balaban J connectivity index is 1.81. The van der Waals surface area contributed by atoms with Crippen LogP contribution in [0.25, 0.3) is 0 Å². The normalized spacial score (nSPS) is 14.7. The molecule has 35 heavy (non-hydrogen) atoms. The maximum absolute atomic E-state index is 14.3. The van der Waals surface area contributed by atoms with E-state index in [1.54, 1.807) is 4.90 Å². The van der Waals surface area contributed by atoms with Crippen molar-refractivity contribution in [1.29, 1.82) is 5.26 Å². The van der Waals surface area contributed by atoms with E-state index in [4.69, 9.17) is 10.00 Å². The molecule has 2 aromatic carbocycles. The molecular formula is C22H20F5N3O4S. The summed E-state index contributed by atoms with van der Waals surface area (Å²) in [5, 5.41) is 8.87. The van der Waals surface area contributed by atoms with Crippen LogP contribution in [0.5, 0.6) is 5.75 Å². The summed E-state index contributed by atoms with van der Waals surface area (Å²) < 4.78 is 94.7. The van der Waals surface area contributed by atoms with Gasteiger partial charge in [0.2, 0.25) is 0 Å². The van der Waals surface area contributed by atoms with Crippen molar-refractivity contribution in [2.75, 3.05) is 43.9 Å². The van der Waals surface area contributed by atoms with Crippen LogP contribution < -0.4 is 9.64 Å². The zero-order valence-corrected chi connectivity index (χ0v) is 19.2. The number of halogens is 5. The summed E-state index contributed by atoms with van der Waals surface area (Å²) >= 11 is 0. The highest BCUT2D eigenvalue weighted by Crippen LogP contribution is 2.29. The van der Waals surface area contributed by atoms with Gasteiger partial charge in [0.25, 0.3) is 5.91 Å². The number of ether oxygens (including phenoxy) is 1. The fourth-order valence-corrected chi connectivity index (χ4v) is 4.07. The molecule has 0 spiro atoms. The summed E-state index contributed by atoms with van der Waals surface area (Å²) in [6.45, 7) is -1.23. The summed E-state index contributed by atoms with van der Waals surface area (Å²) in [6, 6.07) is 8.74. The lowest BCUT2D eigenvalue weighted by Crippen LogP contribution is -2.49. The molecule has 0 radical (unpaired) electrons. The number of piperazine rings is 1. The number of carbonyl (C=O) groups excluding carboxylic acids is 1. The predicted molar refractivity (Wildman–Crippen MR) is 115 cm³/mol. The highest BCUT2D eigenvalue weighted by atomic mass is 32.2. The van der Waals surface area contributed by atoms with Crippen molar-refractivity contribution < 1.29 is 39.9 Å². The van der Waals surface area contributed by atoms with Crippen LogP contribution in [0, 0.1) is 17.1 Å². The zero-order chi connectivity index (χ0) is 26.0. The Labute approximate surface area is 198 Å². The van der Waals surface area contributed by atoms with Crippen molar-refractivity contribution in [2.45, 2.75) is 17.2 Å². The minimum absolute atomic E-state index is 0.0635. The molecule has 0 N–H and O–H groups in total. The second-order valence-corrected chi connectivity index (χ2v) is 9.85. The first kappa shape index (κ1) is 26.2. The molecular weight excluding hydrogens is 497 g/mol. The summed E-state index contributed by atoms with van der Waals surface area (Å²) in [6.07, 6.45) is -3.11. The number of nitrogens with zero attached hydrogens (tertiary/aromatic N) is 3. The van der Waals surface area contributed by atoms with Crippen LogP contribution in [0.15, 0.2) is 41.3 Å². The number of hydrogen-bond acceptors (Lipinski definition) is 6. The van der Waals surface area contributed by atoms with Gasteiger partial charge in [-0.1, -0.05) is 0 Å². The SMILES string of the molecule is CS(=O)(=O)c1ccc(OCC(F)(F)C(F)F)c(C(=O)N2CCN(c3ccc(C#N)cc3F)CC2)c1. The predicted octanol–water partition coefficient (Wildman–Crippen LogP) is 3.34. The van der Waals surface area contributed by atoms with Gasteiger partial charge in [-0.25, -0.2) is 21.6 Å². The van der Waals surface area contributed by atoms with Gasteiger partial charge < -0.3 is 14.5 Å². The Kier molecular flexibility index (Phi) is 7.54. The van der Waals surface area contributed by atoms with Crippen LogP contribution in [0.2, 0.25) is 0 Å². The Morgan fingerprint density at radius 2 is 1.80 bits per heavy atom. The topological polar surface area (TPSA) is 90.7 Å². The monoisotopic (exact) mass is 517 g/mol. The lowest BCUT2D eigenvalue weighted by molar-refractivity contribution is -0.148. The molecule has 13 heteroatoms. The van der Waals surface area contributed by atoms with E-state index in [0.29, 0.717) is 0 Å². The van der Waals surface area contributed by atoms with Gasteiger partial charge in [0.05, 0.1) is 27.8 Å². The number of rotatable bonds is 7. The molecule has 1 saturated heterocycles. The third-order valence-corrected chi connectivity index (χ3v) is 6.44. The van der Waals surface area contributed by atoms with Crippen LogP contribution in [0.4, 0.5) is 27.6 Å². The van der Waals surface area contributed by atoms with E-state index in [1.165, 1.54) is 17.0 Å². The Morgan fingerprint density at radius 3 is 2.34 bits per heavy atom. The molecule has 1 fully saturated rings.